The highest BCUT2D eigenvalue weighted by Crippen LogP contribution is 2.41. The van der Waals surface area contributed by atoms with Crippen LogP contribution in [0, 0.1) is 0 Å². The van der Waals surface area contributed by atoms with Gasteiger partial charge in [0, 0.05) is 33.4 Å². The van der Waals surface area contributed by atoms with Crippen molar-refractivity contribution in [1.82, 2.24) is 9.55 Å². The van der Waals surface area contributed by atoms with Gasteiger partial charge in [0.05, 0.1) is 5.69 Å². The fraction of sp³-hybridized carbons (Fsp3) is 0.0667. The maximum Gasteiger partial charge on any atom is 0.272 e. The molecule has 5 nitrogen and oxygen atoms in total. The van der Waals surface area contributed by atoms with Crippen molar-refractivity contribution in [3.8, 4) is 11.1 Å². The summed E-state index contributed by atoms with van der Waals surface area (Å²) < 4.78 is 1.99. The van der Waals surface area contributed by atoms with E-state index in [1.54, 1.807) is 0 Å². The fourth-order valence-electron chi connectivity index (χ4n) is 5.02. The van der Waals surface area contributed by atoms with Crippen LogP contribution in [0.15, 0.2) is 108 Å². The lowest BCUT2D eigenvalue weighted by molar-refractivity contribution is -0.110. The number of rotatable bonds is 4. The van der Waals surface area contributed by atoms with Gasteiger partial charge in [0.25, 0.3) is 5.56 Å². The number of para-hydroxylation sites is 1. The van der Waals surface area contributed by atoms with Crippen molar-refractivity contribution in [3.05, 3.63) is 130 Å². The van der Waals surface area contributed by atoms with Crippen molar-refractivity contribution in [3.63, 3.8) is 0 Å². The molecule has 2 aromatic heterocycles. The first-order chi connectivity index (χ1) is 17.4. The van der Waals surface area contributed by atoms with Crippen LogP contribution in [0.2, 0.25) is 5.02 Å². The van der Waals surface area contributed by atoms with Crippen molar-refractivity contribution >= 4 is 39.2 Å². The van der Waals surface area contributed by atoms with Crippen LogP contribution in [-0.2, 0) is 16.9 Å². The maximum atomic E-state index is 13.8. The second-order valence-electron chi connectivity index (χ2n) is 8.92. The van der Waals surface area contributed by atoms with Gasteiger partial charge in [-0.1, -0.05) is 72.3 Å². The lowest BCUT2D eigenvalue weighted by Crippen LogP contribution is -2.29. The Balaban J connectivity index is 1.75. The molecule has 0 amide bonds. The van der Waals surface area contributed by atoms with E-state index in [1.807, 2.05) is 83.4 Å². The van der Waals surface area contributed by atoms with Crippen LogP contribution in [0.4, 0.5) is 0 Å². The van der Waals surface area contributed by atoms with Crippen LogP contribution in [0.3, 0.4) is 0 Å². The van der Waals surface area contributed by atoms with E-state index in [2.05, 4.69) is 4.98 Å². The Morgan fingerprint density at radius 3 is 2.36 bits per heavy atom. The van der Waals surface area contributed by atoms with E-state index < -0.39 is 5.60 Å². The number of allylic oxidation sites excluding steroid dienone is 2. The summed E-state index contributed by atoms with van der Waals surface area (Å²) >= 11 is 6.25. The number of H-pyrrole nitrogens is 1. The predicted molar refractivity (Wildman–Crippen MR) is 143 cm³/mol. The van der Waals surface area contributed by atoms with Gasteiger partial charge in [0.15, 0.2) is 5.78 Å². The number of nitrogens with one attached hydrogen (secondary N) is 1. The number of ketones is 1. The van der Waals surface area contributed by atoms with Crippen LogP contribution in [0.5, 0.6) is 0 Å². The summed E-state index contributed by atoms with van der Waals surface area (Å²) in [7, 11) is 0. The highest BCUT2D eigenvalue weighted by atomic mass is 35.5. The number of aromatic nitrogens is 2. The van der Waals surface area contributed by atoms with E-state index in [1.165, 1.54) is 24.3 Å². The summed E-state index contributed by atoms with van der Waals surface area (Å²) in [6.07, 6.45) is 5.48. The molecule has 5 aromatic rings. The van der Waals surface area contributed by atoms with Gasteiger partial charge in [-0.05, 0) is 53.6 Å². The molecular formula is C30H21ClN2O3. The number of fused-ring (bicyclic) bond motifs is 3. The molecule has 0 aliphatic heterocycles. The Bertz CT molecular complexity index is 1760. The van der Waals surface area contributed by atoms with Gasteiger partial charge in [-0.3, -0.25) is 9.59 Å². The Hall–Kier alpha value is -4.19. The van der Waals surface area contributed by atoms with Gasteiger partial charge in [0.1, 0.15) is 11.1 Å². The number of carbonyl (C=O) groups excluding carboxylic acids is 1. The Morgan fingerprint density at radius 1 is 0.889 bits per heavy atom. The van der Waals surface area contributed by atoms with E-state index in [-0.39, 0.29) is 11.3 Å². The zero-order valence-corrected chi connectivity index (χ0v) is 19.9. The van der Waals surface area contributed by atoms with Crippen LogP contribution >= 0.6 is 11.6 Å². The molecule has 0 spiro atoms. The molecule has 2 N–H and O–H groups in total. The second kappa shape index (κ2) is 8.48. The van der Waals surface area contributed by atoms with Crippen molar-refractivity contribution in [1.29, 1.82) is 0 Å². The lowest BCUT2D eigenvalue weighted by atomic mass is 9.86. The van der Waals surface area contributed by atoms with Crippen molar-refractivity contribution in [2.75, 3.05) is 0 Å². The van der Waals surface area contributed by atoms with Crippen LogP contribution in [0.25, 0.3) is 32.9 Å². The zero-order chi connectivity index (χ0) is 24.9. The quantitative estimate of drug-likeness (QED) is 0.336. The molecule has 2 heterocycles. The normalized spacial score (nSPS) is 14.7. The molecule has 0 saturated carbocycles. The SMILES string of the molecule is O=C1C=CC(O)(c2[nH]c(=O)c3c(c2-c2ccccc2)c2ccccc2n3Cc2cccc(Cl)c2)C=C1. The molecular weight excluding hydrogens is 472 g/mol. The number of hydrogen-bond donors (Lipinski definition) is 2. The number of aliphatic hydroxyl groups is 1. The Labute approximate surface area is 211 Å². The van der Waals surface area contributed by atoms with Crippen LogP contribution in [-0.4, -0.2) is 20.4 Å². The first kappa shape index (κ1) is 22.3. The number of nitrogens with zero attached hydrogens (tertiary/aromatic N) is 1. The monoisotopic (exact) mass is 492 g/mol. The topological polar surface area (TPSA) is 75.1 Å². The fourth-order valence-corrected chi connectivity index (χ4v) is 5.24. The smallest absolute Gasteiger partial charge is 0.272 e. The summed E-state index contributed by atoms with van der Waals surface area (Å²) in [6.45, 7) is 0.444. The average Bonchev–Trinajstić information content (AvgIpc) is 3.21. The molecule has 0 saturated heterocycles. The third-order valence-electron chi connectivity index (χ3n) is 6.62. The van der Waals surface area contributed by atoms with Crippen LogP contribution < -0.4 is 5.56 Å². The summed E-state index contributed by atoms with van der Waals surface area (Å²) in [5.41, 5.74) is 2.24. The molecule has 0 radical (unpaired) electrons. The van der Waals surface area contributed by atoms with Crippen molar-refractivity contribution < 1.29 is 9.90 Å². The van der Waals surface area contributed by atoms with E-state index in [9.17, 15) is 14.7 Å². The standard InChI is InChI=1S/C30H21ClN2O3/c31-21-10-6-7-19(17-21)18-33-24-12-5-4-11-23(24)26-25(20-8-2-1-3-9-20)28(32-29(35)27(26)33)30(36)15-13-22(34)14-16-30/h1-17,36H,18H2,(H,32,35). The second-order valence-corrected chi connectivity index (χ2v) is 9.36. The minimum atomic E-state index is -1.65. The highest BCUT2D eigenvalue weighted by molar-refractivity contribution is 6.30. The molecule has 1 aliphatic carbocycles. The van der Waals surface area contributed by atoms with Gasteiger partial charge in [-0.2, -0.15) is 0 Å². The minimum Gasteiger partial charge on any atom is -0.376 e. The molecule has 0 unspecified atom stereocenters. The van der Waals surface area contributed by atoms with Gasteiger partial charge in [-0.15, -0.1) is 0 Å². The number of halogens is 1. The Morgan fingerprint density at radius 2 is 1.61 bits per heavy atom. The first-order valence-corrected chi connectivity index (χ1v) is 11.9. The molecule has 0 bridgehead atoms. The third kappa shape index (κ3) is 3.61. The van der Waals surface area contributed by atoms with Gasteiger partial charge >= 0.3 is 0 Å². The van der Waals surface area contributed by atoms with Gasteiger partial charge < -0.3 is 14.7 Å². The largest absolute Gasteiger partial charge is 0.376 e. The van der Waals surface area contributed by atoms with E-state index >= 15 is 0 Å². The molecule has 3 aromatic carbocycles. The van der Waals surface area contributed by atoms with Gasteiger partial charge in [0.2, 0.25) is 0 Å². The molecule has 6 heteroatoms. The van der Waals surface area contributed by atoms with E-state index in [0.717, 1.165) is 27.4 Å². The number of pyridine rings is 1. The molecule has 176 valence electrons. The molecule has 36 heavy (non-hydrogen) atoms. The summed E-state index contributed by atoms with van der Waals surface area (Å²) in [6, 6.07) is 25.1. The van der Waals surface area contributed by atoms with Crippen molar-refractivity contribution in [2.45, 2.75) is 12.1 Å². The highest BCUT2D eigenvalue weighted by Gasteiger charge is 2.33. The predicted octanol–water partition coefficient (Wildman–Crippen LogP) is 5.73. The summed E-state index contributed by atoms with van der Waals surface area (Å²) in [5.74, 6) is -0.220. The summed E-state index contributed by atoms with van der Waals surface area (Å²) in [5, 5.41) is 13.9. The molecule has 0 fully saturated rings. The van der Waals surface area contributed by atoms with Crippen molar-refractivity contribution in [2.24, 2.45) is 0 Å². The summed E-state index contributed by atoms with van der Waals surface area (Å²) in [4.78, 5) is 28.5. The number of aromatic amines is 1. The zero-order valence-electron chi connectivity index (χ0n) is 19.1. The number of hydrogen-bond acceptors (Lipinski definition) is 3. The maximum absolute atomic E-state index is 13.8. The van der Waals surface area contributed by atoms with E-state index in [4.69, 9.17) is 11.6 Å². The van der Waals surface area contributed by atoms with Gasteiger partial charge in [-0.25, -0.2) is 0 Å². The van der Waals surface area contributed by atoms with E-state index in [0.29, 0.717) is 28.3 Å². The van der Waals surface area contributed by atoms with Crippen LogP contribution in [0.1, 0.15) is 11.3 Å². The number of carbonyl (C=O) groups is 1. The lowest BCUT2D eigenvalue weighted by Gasteiger charge is -2.26. The molecule has 6 rings (SSSR count). The molecule has 1 aliphatic rings. The number of benzene rings is 3. The Kier molecular flexibility index (Phi) is 5.25. The molecule has 0 atom stereocenters. The first-order valence-electron chi connectivity index (χ1n) is 11.6. The third-order valence-corrected chi connectivity index (χ3v) is 6.86. The average molecular weight is 493 g/mol. The minimum absolute atomic E-state index is 0.220.